The van der Waals surface area contributed by atoms with Crippen molar-refractivity contribution in [3.63, 3.8) is 0 Å². The van der Waals surface area contributed by atoms with Gasteiger partial charge in [-0.1, -0.05) is 11.6 Å². The summed E-state index contributed by atoms with van der Waals surface area (Å²) in [6, 6.07) is 0. The maximum absolute atomic E-state index is 5.77. The van der Waals surface area contributed by atoms with E-state index in [1.165, 1.54) is 5.57 Å². The molecule has 0 aromatic rings. The fourth-order valence-electron chi connectivity index (χ4n) is 1.54. The van der Waals surface area contributed by atoms with Gasteiger partial charge in [-0.05, 0) is 33.6 Å². The molecular weight excluding hydrogens is 202 g/mol. The van der Waals surface area contributed by atoms with E-state index >= 15 is 0 Å². The fourth-order valence-corrected chi connectivity index (χ4v) is 1.54. The van der Waals surface area contributed by atoms with Crippen LogP contribution in [-0.4, -0.2) is 31.3 Å². The molecule has 16 heavy (non-hydrogen) atoms. The number of nitrogens with one attached hydrogen (secondary N) is 1. The predicted molar refractivity (Wildman–Crippen MR) is 67.5 cm³/mol. The Labute approximate surface area is 98.0 Å². The summed E-state index contributed by atoms with van der Waals surface area (Å²) >= 11 is 0. The van der Waals surface area contributed by atoms with Gasteiger partial charge in [0.1, 0.15) is 0 Å². The summed E-state index contributed by atoms with van der Waals surface area (Å²) in [5.41, 5.74) is 7.18. The first kappa shape index (κ1) is 13.0. The molecule has 1 heterocycles. The molecule has 0 aromatic heterocycles. The number of hydrogen-bond donors (Lipinski definition) is 2. The van der Waals surface area contributed by atoms with Crippen LogP contribution in [0.15, 0.2) is 16.6 Å². The highest BCUT2D eigenvalue weighted by atomic mass is 16.5. The van der Waals surface area contributed by atoms with Crippen LogP contribution in [0, 0.1) is 0 Å². The van der Waals surface area contributed by atoms with Crippen molar-refractivity contribution < 1.29 is 4.74 Å². The highest BCUT2D eigenvalue weighted by Gasteiger charge is 2.09. The highest BCUT2D eigenvalue weighted by Crippen LogP contribution is 2.11. The Morgan fingerprint density at radius 2 is 2.31 bits per heavy atom. The minimum atomic E-state index is -0.0223. The van der Waals surface area contributed by atoms with Gasteiger partial charge >= 0.3 is 0 Å². The summed E-state index contributed by atoms with van der Waals surface area (Å²) < 4.78 is 5.24. The zero-order valence-corrected chi connectivity index (χ0v) is 10.5. The molecule has 0 bridgehead atoms. The number of nitrogens with two attached hydrogens (primary N) is 1. The quantitative estimate of drug-likeness (QED) is 0.434. The van der Waals surface area contributed by atoms with Crippen molar-refractivity contribution in [3.05, 3.63) is 11.6 Å². The van der Waals surface area contributed by atoms with Crippen molar-refractivity contribution >= 4 is 5.96 Å². The van der Waals surface area contributed by atoms with Gasteiger partial charge in [-0.3, -0.25) is 4.99 Å². The fraction of sp³-hybridized carbons (Fsp3) is 0.750. The number of hydrogen-bond acceptors (Lipinski definition) is 2. The number of ether oxygens (including phenoxy) is 1. The van der Waals surface area contributed by atoms with Gasteiger partial charge in [0.25, 0.3) is 0 Å². The number of nitrogens with zero attached hydrogens (tertiary/aromatic N) is 1. The van der Waals surface area contributed by atoms with Crippen LogP contribution in [0.2, 0.25) is 0 Å². The van der Waals surface area contributed by atoms with Crippen molar-refractivity contribution in [2.75, 3.05) is 19.8 Å². The minimum Gasteiger partial charge on any atom is -0.377 e. The van der Waals surface area contributed by atoms with Crippen LogP contribution in [0.1, 0.15) is 33.6 Å². The van der Waals surface area contributed by atoms with E-state index in [9.17, 15) is 0 Å². The zero-order chi connectivity index (χ0) is 12.0. The SMILES string of the molecule is CC(C)(C)NC(N)=NCCC1=CCOCC1. The van der Waals surface area contributed by atoms with Gasteiger partial charge < -0.3 is 15.8 Å². The van der Waals surface area contributed by atoms with E-state index in [2.05, 4.69) is 37.2 Å². The topological polar surface area (TPSA) is 59.6 Å². The summed E-state index contributed by atoms with van der Waals surface area (Å²) in [7, 11) is 0. The van der Waals surface area contributed by atoms with E-state index in [1.54, 1.807) is 0 Å². The molecule has 0 saturated heterocycles. The zero-order valence-electron chi connectivity index (χ0n) is 10.5. The first-order chi connectivity index (χ1) is 7.47. The Hall–Kier alpha value is -1.03. The van der Waals surface area contributed by atoms with Crippen molar-refractivity contribution in [1.29, 1.82) is 0 Å². The average Bonchev–Trinajstić information content (AvgIpc) is 2.16. The minimum absolute atomic E-state index is 0.0223. The molecule has 0 aliphatic carbocycles. The summed E-state index contributed by atoms with van der Waals surface area (Å²) in [6.45, 7) is 8.53. The molecule has 0 amide bonds. The van der Waals surface area contributed by atoms with Crippen molar-refractivity contribution in [3.8, 4) is 0 Å². The van der Waals surface area contributed by atoms with Crippen LogP contribution >= 0.6 is 0 Å². The standard InChI is InChI=1S/C12H23N3O/c1-12(2,3)15-11(13)14-7-4-10-5-8-16-9-6-10/h5H,4,6-9H2,1-3H3,(H3,13,14,15). The molecule has 1 rings (SSSR count). The molecule has 4 nitrogen and oxygen atoms in total. The van der Waals surface area contributed by atoms with E-state index in [-0.39, 0.29) is 5.54 Å². The van der Waals surface area contributed by atoms with E-state index < -0.39 is 0 Å². The summed E-state index contributed by atoms with van der Waals surface area (Å²) in [4.78, 5) is 4.31. The van der Waals surface area contributed by atoms with Crippen LogP contribution < -0.4 is 11.1 Å². The van der Waals surface area contributed by atoms with Gasteiger partial charge in [0, 0.05) is 12.1 Å². The molecule has 1 aliphatic rings. The number of rotatable bonds is 3. The predicted octanol–water partition coefficient (Wildman–Crippen LogP) is 1.43. The average molecular weight is 225 g/mol. The molecule has 0 fully saturated rings. The van der Waals surface area contributed by atoms with Crippen LogP contribution in [0.25, 0.3) is 0 Å². The maximum atomic E-state index is 5.77. The van der Waals surface area contributed by atoms with Gasteiger partial charge in [-0.15, -0.1) is 0 Å². The largest absolute Gasteiger partial charge is 0.377 e. The molecule has 0 spiro atoms. The molecule has 0 saturated carbocycles. The molecular formula is C12H23N3O. The van der Waals surface area contributed by atoms with E-state index in [0.717, 1.165) is 32.6 Å². The lowest BCUT2D eigenvalue weighted by Crippen LogP contribution is -2.45. The lowest BCUT2D eigenvalue weighted by molar-refractivity contribution is 0.153. The van der Waals surface area contributed by atoms with Crippen LogP contribution in [-0.2, 0) is 4.74 Å². The number of aliphatic imine (C=N–C) groups is 1. The Balaban J connectivity index is 2.27. The number of guanidine groups is 1. The molecule has 0 atom stereocenters. The van der Waals surface area contributed by atoms with Gasteiger partial charge in [0.05, 0.1) is 13.2 Å². The van der Waals surface area contributed by atoms with E-state index in [4.69, 9.17) is 10.5 Å². The van der Waals surface area contributed by atoms with Crippen molar-refractivity contribution in [1.82, 2.24) is 5.32 Å². The Kier molecular flexibility index (Phi) is 4.80. The third-order valence-corrected chi connectivity index (χ3v) is 2.28. The summed E-state index contributed by atoms with van der Waals surface area (Å²) in [6.07, 6.45) is 4.16. The lowest BCUT2D eigenvalue weighted by atomic mass is 10.1. The first-order valence-electron chi connectivity index (χ1n) is 5.81. The van der Waals surface area contributed by atoms with Gasteiger partial charge in [-0.2, -0.15) is 0 Å². The molecule has 0 aromatic carbocycles. The van der Waals surface area contributed by atoms with Crippen LogP contribution in [0.4, 0.5) is 0 Å². The van der Waals surface area contributed by atoms with E-state index in [1.807, 2.05) is 0 Å². The van der Waals surface area contributed by atoms with Crippen LogP contribution in [0.3, 0.4) is 0 Å². The normalized spacial score (nSPS) is 18.2. The highest BCUT2D eigenvalue weighted by molar-refractivity contribution is 5.78. The first-order valence-corrected chi connectivity index (χ1v) is 5.81. The third-order valence-electron chi connectivity index (χ3n) is 2.28. The lowest BCUT2D eigenvalue weighted by Gasteiger charge is -2.21. The Bertz CT molecular complexity index is 276. The van der Waals surface area contributed by atoms with Gasteiger partial charge in [0.15, 0.2) is 5.96 Å². The second-order valence-electron chi connectivity index (χ2n) is 5.08. The second kappa shape index (κ2) is 5.89. The van der Waals surface area contributed by atoms with Crippen LogP contribution in [0.5, 0.6) is 0 Å². The summed E-state index contributed by atoms with van der Waals surface area (Å²) in [5, 5.41) is 3.14. The molecule has 1 aliphatic heterocycles. The molecule has 0 unspecified atom stereocenters. The monoisotopic (exact) mass is 225 g/mol. The van der Waals surface area contributed by atoms with Gasteiger partial charge in [-0.25, -0.2) is 0 Å². The van der Waals surface area contributed by atoms with E-state index in [0.29, 0.717) is 5.96 Å². The maximum Gasteiger partial charge on any atom is 0.188 e. The molecule has 0 radical (unpaired) electrons. The summed E-state index contributed by atoms with van der Waals surface area (Å²) in [5.74, 6) is 0.528. The molecule has 92 valence electrons. The van der Waals surface area contributed by atoms with Crippen molar-refractivity contribution in [2.24, 2.45) is 10.7 Å². The third kappa shape index (κ3) is 5.75. The smallest absolute Gasteiger partial charge is 0.188 e. The second-order valence-corrected chi connectivity index (χ2v) is 5.08. The Morgan fingerprint density at radius 1 is 1.56 bits per heavy atom. The van der Waals surface area contributed by atoms with Crippen molar-refractivity contribution in [2.45, 2.75) is 39.2 Å². The Morgan fingerprint density at radius 3 is 2.88 bits per heavy atom. The molecule has 3 N–H and O–H groups in total. The van der Waals surface area contributed by atoms with Gasteiger partial charge in [0.2, 0.25) is 0 Å². The molecule has 4 heteroatoms.